The van der Waals surface area contributed by atoms with Crippen molar-refractivity contribution in [1.29, 1.82) is 0 Å². The van der Waals surface area contributed by atoms with Gasteiger partial charge in [0.25, 0.3) is 0 Å². The normalized spacial score (nSPS) is 13.9. The molecule has 112 valence electrons. The van der Waals surface area contributed by atoms with E-state index < -0.39 is 0 Å². The molecule has 21 heavy (non-hydrogen) atoms. The summed E-state index contributed by atoms with van der Waals surface area (Å²) < 4.78 is 8.97. The van der Waals surface area contributed by atoms with E-state index in [9.17, 15) is 4.79 Å². The van der Waals surface area contributed by atoms with Gasteiger partial charge < -0.3 is 10.5 Å². The van der Waals surface area contributed by atoms with Crippen molar-refractivity contribution in [3.05, 3.63) is 40.6 Å². The molecule has 1 aromatic carbocycles. The van der Waals surface area contributed by atoms with Crippen LogP contribution in [0, 0.1) is 0 Å². The zero-order valence-electron chi connectivity index (χ0n) is 12.0. The van der Waals surface area contributed by atoms with E-state index in [-0.39, 0.29) is 5.69 Å². The fraction of sp³-hybridized carbons (Fsp3) is 0.467. The molecule has 0 amide bonds. The van der Waals surface area contributed by atoms with Crippen LogP contribution in [0.25, 0.3) is 0 Å². The summed E-state index contributed by atoms with van der Waals surface area (Å²) in [7, 11) is 0. The Kier molecular flexibility index (Phi) is 3.94. The number of hydrogen-bond acceptors (Lipinski definition) is 4. The molecule has 0 aliphatic carbocycles. The molecule has 3 rings (SSSR count). The van der Waals surface area contributed by atoms with Gasteiger partial charge in [-0.3, -0.25) is 4.57 Å². The van der Waals surface area contributed by atoms with Gasteiger partial charge in [-0.2, -0.15) is 5.10 Å². The topological polar surface area (TPSA) is 75.1 Å². The lowest BCUT2D eigenvalue weighted by Gasteiger charge is -2.09. The molecule has 0 saturated carbocycles. The van der Waals surface area contributed by atoms with Gasteiger partial charge in [-0.15, -0.1) is 0 Å². The van der Waals surface area contributed by atoms with Crippen LogP contribution < -0.4 is 16.2 Å². The summed E-state index contributed by atoms with van der Waals surface area (Å²) in [6.45, 7) is 1.92. The second-order valence-electron chi connectivity index (χ2n) is 5.31. The van der Waals surface area contributed by atoms with Crippen LogP contribution in [0.5, 0.6) is 5.75 Å². The van der Waals surface area contributed by atoms with E-state index in [1.54, 1.807) is 15.3 Å². The summed E-state index contributed by atoms with van der Waals surface area (Å²) >= 11 is 0. The molecule has 1 aliphatic heterocycles. The Bertz CT molecular complexity index is 675. The van der Waals surface area contributed by atoms with Crippen LogP contribution in [-0.4, -0.2) is 21.0 Å². The number of nitrogens with zero attached hydrogens (tertiary/aromatic N) is 3. The van der Waals surface area contributed by atoms with Gasteiger partial charge in [-0.1, -0.05) is 6.07 Å². The van der Waals surface area contributed by atoms with Crippen LogP contribution in [-0.2, 0) is 19.5 Å². The maximum absolute atomic E-state index is 12.1. The highest BCUT2D eigenvalue weighted by atomic mass is 16.5. The molecule has 0 atom stereocenters. The Morgan fingerprint density at radius 2 is 2.24 bits per heavy atom. The van der Waals surface area contributed by atoms with E-state index in [4.69, 9.17) is 10.5 Å². The summed E-state index contributed by atoms with van der Waals surface area (Å²) in [6, 6.07) is 7.35. The zero-order chi connectivity index (χ0) is 14.7. The van der Waals surface area contributed by atoms with Crippen molar-refractivity contribution in [2.75, 3.05) is 12.3 Å². The number of hydrogen-bond donors (Lipinski definition) is 1. The number of aromatic nitrogens is 3. The minimum atomic E-state index is 0.00801. The molecule has 0 bridgehead atoms. The Morgan fingerprint density at radius 3 is 3.05 bits per heavy atom. The number of nitrogens with two attached hydrogens (primary N) is 1. The van der Waals surface area contributed by atoms with Crippen molar-refractivity contribution < 1.29 is 4.74 Å². The lowest BCUT2D eigenvalue weighted by molar-refractivity contribution is 0.297. The van der Waals surface area contributed by atoms with E-state index >= 15 is 0 Å². The Balaban J connectivity index is 1.54. The van der Waals surface area contributed by atoms with Crippen LogP contribution in [0.3, 0.4) is 0 Å². The lowest BCUT2D eigenvalue weighted by atomic mass is 10.2. The number of nitrogen functional groups attached to an aromatic ring is 1. The average molecular weight is 288 g/mol. The monoisotopic (exact) mass is 288 g/mol. The highest BCUT2D eigenvalue weighted by Gasteiger charge is 2.16. The first kappa shape index (κ1) is 13.7. The van der Waals surface area contributed by atoms with Gasteiger partial charge in [0, 0.05) is 37.7 Å². The molecule has 1 aromatic heterocycles. The summed E-state index contributed by atoms with van der Waals surface area (Å²) in [4.78, 5) is 12.1. The number of fused-ring (bicyclic) bond motifs is 1. The fourth-order valence-electron chi connectivity index (χ4n) is 2.60. The van der Waals surface area contributed by atoms with Crippen LogP contribution >= 0.6 is 0 Å². The molecule has 1 aliphatic rings. The van der Waals surface area contributed by atoms with Crippen molar-refractivity contribution in [1.82, 2.24) is 14.3 Å². The van der Waals surface area contributed by atoms with E-state index in [0.29, 0.717) is 18.8 Å². The second kappa shape index (κ2) is 6.03. The third kappa shape index (κ3) is 3.09. The third-order valence-corrected chi connectivity index (χ3v) is 3.67. The number of anilines is 1. The highest BCUT2D eigenvalue weighted by molar-refractivity contribution is 5.43. The molecule has 6 nitrogen and oxygen atoms in total. The quantitative estimate of drug-likeness (QED) is 0.667. The highest BCUT2D eigenvalue weighted by Crippen LogP contribution is 2.14. The maximum Gasteiger partial charge on any atom is 0.345 e. The van der Waals surface area contributed by atoms with Crippen molar-refractivity contribution in [2.45, 2.75) is 38.8 Å². The minimum absolute atomic E-state index is 0.00801. The Hall–Kier alpha value is -2.24. The summed E-state index contributed by atoms with van der Waals surface area (Å²) in [5.74, 6) is 1.68. The van der Waals surface area contributed by atoms with Crippen LogP contribution in [0.15, 0.2) is 29.1 Å². The zero-order valence-corrected chi connectivity index (χ0v) is 12.0. The standard InChI is InChI=1S/C15H20N4O2/c16-12-5-3-6-13(11-12)21-10-4-9-19-15(20)18-8-2-1-7-14(18)17-19/h3,5-6,11H,1-2,4,7-10,16H2. The number of aryl methyl sites for hydroxylation is 2. The van der Waals surface area contributed by atoms with Crippen LogP contribution in [0.4, 0.5) is 5.69 Å². The second-order valence-corrected chi connectivity index (χ2v) is 5.31. The third-order valence-electron chi connectivity index (χ3n) is 3.67. The smallest absolute Gasteiger partial charge is 0.345 e. The molecule has 6 heteroatoms. The molecular weight excluding hydrogens is 268 g/mol. The molecule has 2 N–H and O–H groups in total. The number of rotatable bonds is 5. The maximum atomic E-state index is 12.1. The molecule has 0 spiro atoms. The fourth-order valence-corrected chi connectivity index (χ4v) is 2.60. The molecule has 2 heterocycles. The first-order valence-corrected chi connectivity index (χ1v) is 7.39. The van der Waals surface area contributed by atoms with Gasteiger partial charge in [0.15, 0.2) is 0 Å². The average Bonchev–Trinajstić information content (AvgIpc) is 2.81. The minimum Gasteiger partial charge on any atom is -0.493 e. The molecule has 0 unspecified atom stereocenters. The lowest BCUT2D eigenvalue weighted by Crippen LogP contribution is -2.27. The summed E-state index contributed by atoms with van der Waals surface area (Å²) in [5.41, 5.74) is 6.39. The molecular formula is C15H20N4O2. The van der Waals surface area contributed by atoms with Crippen LogP contribution in [0.1, 0.15) is 25.1 Å². The van der Waals surface area contributed by atoms with Gasteiger partial charge in [-0.25, -0.2) is 9.48 Å². The van der Waals surface area contributed by atoms with Crippen molar-refractivity contribution in [3.8, 4) is 5.75 Å². The van der Waals surface area contributed by atoms with Gasteiger partial charge in [-0.05, 0) is 25.0 Å². The molecule has 0 radical (unpaired) electrons. The predicted molar refractivity (Wildman–Crippen MR) is 80.4 cm³/mol. The van der Waals surface area contributed by atoms with E-state index in [2.05, 4.69) is 5.10 Å². The molecule has 0 fully saturated rings. The van der Waals surface area contributed by atoms with Gasteiger partial charge in [0.2, 0.25) is 0 Å². The number of ether oxygens (including phenoxy) is 1. The van der Waals surface area contributed by atoms with E-state index in [1.807, 2.05) is 18.2 Å². The molecule has 2 aromatic rings. The largest absolute Gasteiger partial charge is 0.493 e. The first-order valence-electron chi connectivity index (χ1n) is 7.39. The van der Waals surface area contributed by atoms with Crippen molar-refractivity contribution >= 4 is 5.69 Å². The molecule has 0 saturated heterocycles. The van der Waals surface area contributed by atoms with Crippen molar-refractivity contribution in [3.63, 3.8) is 0 Å². The Morgan fingerprint density at radius 1 is 1.33 bits per heavy atom. The van der Waals surface area contributed by atoms with Gasteiger partial charge in [0.05, 0.1) is 6.61 Å². The van der Waals surface area contributed by atoms with Crippen LogP contribution in [0.2, 0.25) is 0 Å². The summed E-state index contributed by atoms with van der Waals surface area (Å²) in [5, 5.41) is 4.40. The summed E-state index contributed by atoms with van der Waals surface area (Å²) in [6.07, 6.45) is 3.83. The Labute approximate surface area is 123 Å². The first-order chi connectivity index (χ1) is 10.2. The number of benzene rings is 1. The van der Waals surface area contributed by atoms with Crippen molar-refractivity contribution in [2.24, 2.45) is 0 Å². The SMILES string of the molecule is Nc1cccc(OCCCn2nc3n(c2=O)CCCC3)c1. The van der Waals surface area contributed by atoms with E-state index in [0.717, 1.165) is 43.8 Å². The van der Waals surface area contributed by atoms with Gasteiger partial charge in [0.1, 0.15) is 11.6 Å². The van der Waals surface area contributed by atoms with E-state index in [1.165, 1.54) is 0 Å². The van der Waals surface area contributed by atoms with Gasteiger partial charge >= 0.3 is 5.69 Å². The predicted octanol–water partition coefficient (Wildman–Crippen LogP) is 1.43.